The lowest BCUT2D eigenvalue weighted by molar-refractivity contribution is 0.102. The normalized spacial score (nSPS) is 10.3. The summed E-state index contributed by atoms with van der Waals surface area (Å²) < 4.78 is 0.743. The Kier molecular flexibility index (Phi) is 4.07. The number of hydrogen-bond acceptors (Lipinski definition) is 3. The van der Waals surface area contributed by atoms with Crippen molar-refractivity contribution in [3.8, 4) is 0 Å². The molecule has 1 aromatic carbocycles. The van der Waals surface area contributed by atoms with E-state index in [0.29, 0.717) is 22.1 Å². The quantitative estimate of drug-likeness (QED) is 0.877. The number of rotatable bonds is 2. The van der Waals surface area contributed by atoms with Crippen LogP contribution in [0.15, 0.2) is 34.9 Å². The van der Waals surface area contributed by atoms with E-state index in [0.717, 1.165) is 10.0 Å². The molecule has 3 N–H and O–H groups in total. The monoisotopic (exact) mass is 339 g/mol. The second kappa shape index (κ2) is 5.59. The van der Waals surface area contributed by atoms with Crippen molar-refractivity contribution in [3.05, 3.63) is 51.1 Å². The Labute approximate surface area is 124 Å². The van der Waals surface area contributed by atoms with Gasteiger partial charge in [-0.3, -0.25) is 4.79 Å². The molecule has 6 heteroatoms. The van der Waals surface area contributed by atoms with Crippen molar-refractivity contribution in [1.82, 2.24) is 4.98 Å². The molecule has 0 aliphatic rings. The molecular formula is C13H11BrClN3O. The fourth-order valence-corrected chi connectivity index (χ4v) is 2.45. The van der Waals surface area contributed by atoms with E-state index in [4.69, 9.17) is 17.3 Å². The molecule has 2 aromatic rings. The number of nitrogen functional groups attached to an aromatic ring is 1. The topological polar surface area (TPSA) is 68.0 Å². The largest absolute Gasteiger partial charge is 0.397 e. The average Bonchev–Trinajstić information content (AvgIpc) is 2.31. The van der Waals surface area contributed by atoms with Gasteiger partial charge in [-0.1, -0.05) is 27.5 Å². The van der Waals surface area contributed by atoms with Crippen molar-refractivity contribution in [2.45, 2.75) is 6.92 Å². The number of carbonyl (C=O) groups excluding carboxylic acids is 1. The lowest BCUT2D eigenvalue weighted by Crippen LogP contribution is -2.14. The summed E-state index contributed by atoms with van der Waals surface area (Å²) in [6.07, 6.45) is 1.50. The molecule has 0 unspecified atom stereocenters. The number of anilines is 2. The van der Waals surface area contributed by atoms with E-state index in [1.54, 1.807) is 24.3 Å². The summed E-state index contributed by atoms with van der Waals surface area (Å²) in [6.45, 7) is 1.83. The number of carbonyl (C=O) groups is 1. The van der Waals surface area contributed by atoms with E-state index in [1.165, 1.54) is 6.20 Å². The van der Waals surface area contributed by atoms with Crippen LogP contribution < -0.4 is 11.1 Å². The van der Waals surface area contributed by atoms with E-state index in [9.17, 15) is 4.79 Å². The summed E-state index contributed by atoms with van der Waals surface area (Å²) in [5.74, 6) is 0.207. The van der Waals surface area contributed by atoms with E-state index >= 15 is 0 Å². The van der Waals surface area contributed by atoms with Crippen molar-refractivity contribution in [1.29, 1.82) is 0 Å². The Bertz CT molecular complexity index is 626. The minimum atomic E-state index is -0.274. The minimum Gasteiger partial charge on any atom is -0.397 e. The van der Waals surface area contributed by atoms with Gasteiger partial charge in [0.15, 0.2) is 0 Å². The van der Waals surface area contributed by atoms with Gasteiger partial charge < -0.3 is 11.1 Å². The molecule has 4 nitrogen and oxygen atoms in total. The number of nitrogens with one attached hydrogen (secondary N) is 1. The SMILES string of the molecule is Cc1cc(N)cnc1NC(=O)c1cc(Cl)cc(Br)c1. The second-order valence-corrected chi connectivity index (χ2v) is 5.40. The summed E-state index contributed by atoms with van der Waals surface area (Å²) >= 11 is 9.20. The van der Waals surface area contributed by atoms with Crippen LogP contribution in [0.2, 0.25) is 5.02 Å². The average molecular weight is 341 g/mol. The Balaban J connectivity index is 2.25. The molecular weight excluding hydrogens is 330 g/mol. The third-order valence-corrected chi connectivity index (χ3v) is 3.13. The highest BCUT2D eigenvalue weighted by atomic mass is 79.9. The number of nitrogens with two attached hydrogens (primary N) is 1. The molecule has 0 aliphatic heterocycles. The molecule has 0 spiro atoms. The molecule has 0 saturated heterocycles. The molecule has 2 rings (SSSR count). The summed E-state index contributed by atoms with van der Waals surface area (Å²) in [7, 11) is 0. The standard InChI is InChI=1S/C13H11BrClN3O/c1-7-2-11(16)6-17-12(7)18-13(19)8-3-9(14)5-10(15)4-8/h2-6H,16H2,1H3,(H,17,18,19). The first-order valence-electron chi connectivity index (χ1n) is 5.45. The van der Waals surface area contributed by atoms with Gasteiger partial charge in [0.25, 0.3) is 5.91 Å². The van der Waals surface area contributed by atoms with Crippen LogP contribution in [-0.4, -0.2) is 10.9 Å². The zero-order valence-electron chi connectivity index (χ0n) is 10.1. The highest BCUT2D eigenvalue weighted by Crippen LogP contribution is 2.21. The molecule has 1 aromatic heterocycles. The number of nitrogens with zero attached hydrogens (tertiary/aromatic N) is 1. The van der Waals surface area contributed by atoms with Crippen LogP contribution in [0.25, 0.3) is 0 Å². The van der Waals surface area contributed by atoms with E-state index in [2.05, 4.69) is 26.2 Å². The van der Waals surface area contributed by atoms with Crippen molar-refractivity contribution in [2.24, 2.45) is 0 Å². The lowest BCUT2D eigenvalue weighted by Gasteiger charge is -2.08. The third-order valence-electron chi connectivity index (χ3n) is 2.46. The number of pyridine rings is 1. The maximum atomic E-state index is 12.1. The number of benzene rings is 1. The molecule has 0 bridgehead atoms. The number of amides is 1. The number of aromatic nitrogens is 1. The fraction of sp³-hybridized carbons (Fsp3) is 0.0769. The van der Waals surface area contributed by atoms with Gasteiger partial charge in [0.1, 0.15) is 5.82 Å². The summed E-state index contributed by atoms with van der Waals surface area (Å²) in [5.41, 5.74) is 7.42. The van der Waals surface area contributed by atoms with Gasteiger partial charge in [0.05, 0.1) is 11.9 Å². The molecule has 0 atom stereocenters. The first-order valence-corrected chi connectivity index (χ1v) is 6.62. The Morgan fingerprint density at radius 3 is 2.74 bits per heavy atom. The first-order chi connectivity index (χ1) is 8.95. The first kappa shape index (κ1) is 13.8. The molecule has 1 amide bonds. The van der Waals surface area contributed by atoms with Crippen molar-refractivity contribution < 1.29 is 4.79 Å². The number of hydrogen-bond donors (Lipinski definition) is 2. The maximum absolute atomic E-state index is 12.1. The molecule has 0 aliphatic carbocycles. The highest BCUT2D eigenvalue weighted by Gasteiger charge is 2.10. The molecule has 19 heavy (non-hydrogen) atoms. The van der Waals surface area contributed by atoms with Crippen LogP contribution in [0.3, 0.4) is 0 Å². The van der Waals surface area contributed by atoms with Gasteiger partial charge in [-0.25, -0.2) is 4.98 Å². The maximum Gasteiger partial charge on any atom is 0.256 e. The number of halogens is 2. The zero-order chi connectivity index (χ0) is 14.0. The van der Waals surface area contributed by atoms with Crippen LogP contribution in [-0.2, 0) is 0 Å². The molecule has 98 valence electrons. The minimum absolute atomic E-state index is 0.274. The van der Waals surface area contributed by atoms with Crippen LogP contribution >= 0.6 is 27.5 Å². The van der Waals surface area contributed by atoms with Gasteiger partial charge in [0, 0.05) is 15.1 Å². The van der Waals surface area contributed by atoms with E-state index in [1.807, 2.05) is 6.92 Å². The van der Waals surface area contributed by atoms with Crippen LogP contribution in [0, 0.1) is 6.92 Å². The summed E-state index contributed by atoms with van der Waals surface area (Å²) in [5, 5.41) is 3.21. The van der Waals surface area contributed by atoms with Crippen LogP contribution in [0.1, 0.15) is 15.9 Å². The summed E-state index contributed by atoms with van der Waals surface area (Å²) in [6, 6.07) is 6.74. The fourth-order valence-electron chi connectivity index (χ4n) is 1.59. The smallest absolute Gasteiger partial charge is 0.256 e. The number of aryl methyl sites for hydroxylation is 1. The zero-order valence-corrected chi connectivity index (χ0v) is 12.4. The second-order valence-electron chi connectivity index (χ2n) is 4.05. The van der Waals surface area contributed by atoms with Gasteiger partial charge in [-0.05, 0) is 36.8 Å². The molecule has 0 saturated carbocycles. The highest BCUT2D eigenvalue weighted by molar-refractivity contribution is 9.10. The predicted molar refractivity (Wildman–Crippen MR) is 80.5 cm³/mol. The van der Waals surface area contributed by atoms with Gasteiger partial charge in [0.2, 0.25) is 0 Å². The molecule has 1 heterocycles. The third kappa shape index (κ3) is 3.45. The van der Waals surface area contributed by atoms with Gasteiger partial charge in [-0.15, -0.1) is 0 Å². The van der Waals surface area contributed by atoms with Gasteiger partial charge >= 0.3 is 0 Å². The Morgan fingerprint density at radius 2 is 2.11 bits per heavy atom. The van der Waals surface area contributed by atoms with Crippen molar-refractivity contribution in [3.63, 3.8) is 0 Å². The van der Waals surface area contributed by atoms with Crippen molar-refractivity contribution >= 4 is 44.9 Å². The Morgan fingerprint density at radius 1 is 1.37 bits per heavy atom. The van der Waals surface area contributed by atoms with E-state index < -0.39 is 0 Å². The van der Waals surface area contributed by atoms with Crippen molar-refractivity contribution in [2.75, 3.05) is 11.1 Å². The van der Waals surface area contributed by atoms with Gasteiger partial charge in [-0.2, -0.15) is 0 Å². The molecule has 0 radical (unpaired) electrons. The summed E-state index contributed by atoms with van der Waals surface area (Å²) in [4.78, 5) is 16.2. The predicted octanol–water partition coefficient (Wildman–Crippen LogP) is 3.64. The molecule has 0 fully saturated rings. The van der Waals surface area contributed by atoms with Crippen LogP contribution in [0.5, 0.6) is 0 Å². The van der Waals surface area contributed by atoms with Crippen LogP contribution in [0.4, 0.5) is 11.5 Å². The Hall–Kier alpha value is -1.59. The van der Waals surface area contributed by atoms with E-state index in [-0.39, 0.29) is 5.91 Å². The lowest BCUT2D eigenvalue weighted by atomic mass is 10.2.